The van der Waals surface area contributed by atoms with Crippen LogP contribution in [0.15, 0.2) is 22.8 Å². The Bertz CT molecular complexity index is 631. The Morgan fingerprint density at radius 1 is 1.23 bits per heavy atom. The number of ether oxygens (including phenoxy) is 3. The van der Waals surface area contributed by atoms with Crippen molar-refractivity contribution in [3.63, 3.8) is 0 Å². The van der Waals surface area contributed by atoms with Crippen LogP contribution < -0.4 is 0 Å². The molecule has 0 saturated heterocycles. The minimum atomic E-state index is -1.04. The summed E-state index contributed by atoms with van der Waals surface area (Å²) in [6.07, 6.45) is -0.407. The zero-order valence-electron chi connectivity index (χ0n) is 12.3. The van der Waals surface area contributed by atoms with Gasteiger partial charge >= 0.3 is 12.1 Å². The summed E-state index contributed by atoms with van der Waals surface area (Å²) in [5.74, 6) is -0.862. The Labute approximate surface area is 140 Å². The zero-order valence-corrected chi connectivity index (χ0v) is 14.4. The number of aromatic nitrogens is 1. The first-order valence-corrected chi connectivity index (χ1v) is 7.90. The number of esters is 1. The maximum atomic E-state index is 12.1. The number of rotatable bonds is 5. The lowest BCUT2D eigenvalue weighted by Gasteiger charge is -2.21. The van der Waals surface area contributed by atoms with Crippen molar-refractivity contribution in [2.24, 2.45) is 5.92 Å². The fourth-order valence-electron chi connectivity index (χ4n) is 1.68. The van der Waals surface area contributed by atoms with Crippen molar-refractivity contribution in [1.29, 1.82) is 0 Å². The molecule has 0 amide bonds. The quantitative estimate of drug-likeness (QED) is 0.342. The van der Waals surface area contributed by atoms with E-state index in [0.717, 1.165) is 0 Å². The van der Waals surface area contributed by atoms with Gasteiger partial charge in [0.1, 0.15) is 5.69 Å². The summed E-state index contributed by atoms with van der Waals surface area (Å²) in [6.45, 7) is 5.21. The van der Waals surface area contributed by atoms with E-state index in [-0.39, 0.29) is 15.7 Å². The normalized spacial score (nSPS) is 13.9. The standard InChI is InChI=1S/C14H16INO6/c1-7(2)13(22-14(18)20-8(3)15)21-12(17)10-6-11-9(16-10)4-5-19-11/h4-8,13,16H,1-3H3. The smallest absolute Gasteiger partial charge is 0.463 e. The van der Waals surface area contributed by atoms with Crippen LogP contribution in [0.5, 0.6) is 0 Å². The number of H-pyrrole nitrogens is 1. The number of furan rings is 1. The van der Waals surface area contributed by atoms with Gasteiger partial charge in [-0.1, -0.05) is 13.8 Å². The van der Waals surface area contributed by atoms with Crippen molar-refractivity contribution in [3.8, 4) is 0 Å². The molecule has 0 aliphatic carbocycles. The highest BCUT2D eigenvalue weighted by Crippen LogP contribution is 2.19. The molecule has 22 heavy (non-hydrogen) atoms. The molecule has 120 valence electrons. The van der Waals surface area contributed by atoms with E-state index in [9.17, 15) is 9.59 Å². The molecule has 2 atom stereocenters. The van der Waals surface area contributed by atoms with Gasteiger partial charge in [0, 0.05) is 18.1 Å². The van der Waals surface area contributed by atoms with Crippen LogP contribution in [0.3, 0.4) is 0 Å². The molecule has 8 heteroatoms. The van der Waals surface area contributed by atoms with Gasteiger partial charge in [-0.25, -0.2) is 9.59 Å². The lowest BCUT2D eigenvalue weighted by atomic mass is 10.2. The Balaban J connectivity index is 2.02. The molecule has 1 N–H and O–H groups in total. The maximum absolute atomic E-state index is 12.1. The number of carbonyl (C=O) groups excluding carboxylic acids is 2. The maximum Gasteiger partial charge on any atom is 0.512 e. The molecule has 2 aromatic rings. The van der Waals surface area contributed by atoms with E-state index in [1.54, 1.807) is 26.8 Å². The number of halogens is 1. The molecule has 0 radical (unpaired) electrons. The molecule has 2 aromatic heterocycles. The molecule has 0 spiro atoms. The molecule has 0 fully saturated rings. The largest absolute Gasteiger partial charge is 0.512 e. The third-order valence-corrected chi connectivity index (χ3v) is 2.95. The van der Waals surface area contributed by atoms with E-state index in [1.807, 2.05) is 22.6 Å². The third kappa shape index (κ3) is 4.15. The minimum absolute atomic E-state index is 0.222. The molecular weight excluding hydrogens is 405 g/mol. The minimum Gasteiger partial charge on any atom is -0.463 e. The van der Waals surface area contributed by atoms with Gasteiger partial charge in [0.25, 0.3) is 6.29 Å². The van der Waals surface area contributed by atoms with Gasteiger partial charge in [0.05, 0.1) is 11.8 Å². The number of fused-ring (bicyclic) bond motifs is 1. The van der Waals surface area contributed by atoms with Crippen molar-refractivity contribution in [2.45, 2.75) is 31.2 Å². The number of aromatic amines is 1. The van der Waals surface area contributed by atoms with Crippen molar-refractivity contribution < 1.29 is 28.2 Å². The Kier molecular flexibility index (Phi) is 5.33. The highest BCUT2D eigenvalue weighted by Gasteiger charge is 2.26. The first-order valence-electron chi connectivity index (χ1n) is 6.65. The van der Waals surface area contributed by atoms with Crippen molar-refractivity contribution in [2.75, 3.05) is 0 Å². The van der Waals surface area contributed by atoms with Crippen LogP contribution in [0.4, 0.5) is 4.79 Å². The van der Waals surface area contributed by atoms with Crippen LogP contribution in [0.25, 0.3) is 11.1 Å². The summed E-state index contributed by atoms with van der Waals surface area (Å²) >= 11 is 1.92. The Hall–Kier alpha value is -1.71. The van der Waals surface area contributed by atoms with E-state index >= 15 is 0 Å². The average Bonchev–Trinajstić information content (AvgIpc) is 2.96. The van der Waals surface area contributed by atoms with E-state index in [2.05, 4.69) is 4.98 Å². The summed E-state index contributed by atoms with van der Waals surface area (Å²) in [5.41, 5.74) is 1.46. The second kappa shape index (κ2) is 7.03. The van der Waals surface area contributed by atoms with Crippen LogP contribution in [0.1, 0.15) is 31.3 Å². The van der Waals surface area contributed by atoms with Crippen LogP contribution in [0.2, 0.25) is 0 Å². The van der Waals surface area contributed by atoms with Crippen LogP contribution in [0, 0.1) is 5.92 Å². The van der Waals surface area contributed by atoms with Crippen LogP contribution in [-0.2, 0) is 14.2 Å². The fourth-order valence-corrected chi connectivity index (χ4v) is 1.89. The van der Waals surface area contributed by atoms with Gasteiger partial charge in [0.15, 0.2) is 9.69 Å². The number of hydrogen-bond acceptors (Lipinski definition) is 6. The predicted molar refractivity (Wildman–Crippen MR) is 85.7 cm³/mol. The molecule has 2 rings (SSSR count). The lowest BCUT2D eigenvalue weighted by molar-refractivity contribution is -0.114. The van der Waals surface area contributed by atoms with Gasteiger partial charge in [0.2, 0.25) is 0 Å². The summed E-state index contributed by atoms with van der Waals surface area (Å²) in [4.78, 5) is 26.5. The average molecular weight is 421 g/mol. The SMILES string of the molecule is CC(I)OC(=O)OC(OC(=O)c1cc2occc2[nH]1)C(C)C. The second-order valence-electron chi connectivity index (χ2n) is 4.93. The van der Waals surface area contributed by atoms with E-state index in [4.69, 9.17) is 18.6 Å². The highest BCUT2D eigenvalue weighted by atomic mass is 127. The van der Waals surface area contributed by atoms with E-state index in [1.165, 1.54) is 12.3 Å². The Morgan fingerprint density at radius 3 is 2.55 bits per heavy atom. The molecule has 2 heterocycles. The number of alkyl halides is 1. The summed E-state index contributed by atoms with van der Waals surface area (Å²) < 4.78 is 19.9. The monoisotopic (exact) mass is 421 g/mol. The zero-order chi connectivity index (χ0) is 16.3. The molecule has 7 nitrogen and oxygen atoms in total. The first kappa shape index (κ1) is 16.7. The third-order valence-electron chi connectivity index (χ3n) is 2.70. The molecule has 2 unspecified atom stereocenters. The van der Waals surface area contributed by atoms with Gasteiger partial charge < -0.3 is 23.6 Å². The molecule has 0 aliphatic heterocycles. The van der Waals surface area contributed by atoms with Crippen molar-refractivity contribution in [3.05, 3.63) is 24.1 Å². The molecule has 0 aliphatic rings. The molecule has 0 bridgehead atoms. The van der Waals surface area contributed by atoms with E-state index in [0.29, 0.717) is 11.1 Å². The summed E-state index contributed by atoms with van der Waals surface area (Å²) in [6, 6.07) is 3.22. The highest BCUT2D eigenvalue weighted by molar-refractivity contribution is 14.1. The predicted octanol–water partition coefficient (Wildman–Crippen LogP) is 3.83. The number of hydrogen-bond donors (Lipinski definition) is 1. The van der Waals surface area contributed by atoms with E-state index < -0.39 is 18.4 Å². The van der Waals surface area contributed by atoms with Gasteiger partial charge in [-0.2, -0.15) is 0 Å². The second-order valence-corrected chi connectivity index (χ2v) is 6.68. The van der Waals surface area contributed by atoms with Crippen LogP contribution >= 0.6 is 22.6 Å². The fraction of sp³-hybridized carbons (Fsp3) is 0.429. The van der Waals surface area contributed by atoms with Gasteiger partial charge in [-0.15, -0.1) is 0 Å². The first-order chi connectivity index (χ1) is 10.4. The summed E-state index contributed by atoms with van der Waals surface area (Å²) in [5, 5.41) is 0. The Morgan fingerprint density at radius 2 is 1.95 bits per heavy atom. The van der Waals surface area contributed by atoms with Crippen molar-refractivity contribution >= 4 is 45.8 Å². The summed E-state index contributed by atoms with van der Waals surface area (Å²) in [7, 11) is 0. The van der Waals surface area contributed by atoms with Crippen molar-refractivity contribution in [1.82, 2.24) is 4.98 Å². The molecule has 0 aromatic carbocycles. The van der Waals surface area contributed by atoms with Gasteiger partial charge in [-0.3, -0.25) is 0 Å². The number of nitrogens with one attached hydrogen (secondary N) is 1. The van der Waals surface area contributed by atoms with Gasteiger partial charge in [-0.05, 0) is 29.5 Å². The number of carbonyl (C=O) groups is 2. The lowest BCUT2D eigenvalue weighted by Crippen LogP contribution is -2.30. The van der Waals surface area contributed by atoms with Crippen LogP contribution in [-0.4, -0.2) is 27.5 Å². The molecule has 0 saturated carbocycles. The topological polar surface area (TPSA) is 90.8 Å². The molecular formula is C14H16INO6.